The van der Waals surface area contributed by atoms with E-state index in [1.807, 2.05) is 0 Å². The maximum atomic E-state index is 3.36. The van der Waals surface area contributed by atoms with Gasteiger partial charge in [-0.15, -0.1) is 0 Å². The van der Waals surface area contributed by atoms with E-state index in [9.17, 15) is 0 Å². The van der Waals surface area contributed by atoms with Crippen LogP contribution in [-0.2, 0) is 6.54 Å². The van der Waals surface area contributed by atoms with E-state index in [1.54, 1.807) is 0 Å². The van der Waals surface area contributed by atoms with Gasteiger partial charge in [-0.2, -0.15) is 0 Å². The fraction of sp³-hybridized carbons (Fsp3) is 0.571. The van der Waals surface area contributed by atoms with Crippen LogP contribution in [0.15, 0.2) is 30.3 Å². The van der Waals surface area contributed by atoms with Crippen molar-refractivity contribution in [2.45, 2.75) is 25.9 Å². The Morgan fingerprint density at radius 3 is 2.81 bits per heavy atom. The minimum Gasteiger partial charge on any atom is -0.317 e. The molecule has 1 aromatic rings. The number of hydrogen-bond acceptors (Lipinski definition) is 2. The molecule has 16 heavy (non-hydrogen) atoms. The smallest absolute Gasteiger partial charge is 0.0233 e. The van der Waals surface area contributed by atoms with Gasteiger partial charge in [0.25, 0.3) is 0 Å². The Labute approximate surface area is 98.7 Å². The largest absolute Gasteiger partial charge is 0.317 e. The molecule has 0 bridgehead atoms. The molecule has 1 aliphatic heterocycles. The summed E-state index contributed by atoms with van der Waals surface area (Å²) in [6.45, 7) is 5.87. The van der Waals surface area contributed by atoms with Crippen LogP contribution in [0.4, 0.5) is 0 Å². The van der Waals surface area contributed by atoms with Crippen LogP contribution in [-0.4, -0.2) is 31.1 Å². The highest BCUT2D eigenvalue weighted by Crippen LogP contribution is 2.21. The molecule has 1 fully saturated rings. The first-order chi connectivity index (χ1) is 7.79. The molecule has 2 rings (SSSR count). The van der Waals surface area contributed by atoms with Crippen molar-refractivity contribution in [3.8, 4) is 0 Å². The Morgan fingerprint density at radius 2 is 2.12 bits per heavy atom. The average Bonchev–Trinajstić information content (AvgIpc) is 2.78. The summed E-state index contributed by atoms with van der Waals surface area (Å²) in [5, 5.41) is 3.36. The number of hydrogen-bond donors (Lipinski definition) is 1. The van der Waals surface area contributed by atoms with Crippen molar-refractivity contribution in [2.75, 3.05) is 20.1 Å². The van der Waals surface area contributed by atoms with E-state index in [-0.39, 0.29) is 0 Å². The zero-order chi connectivity index (χ0) is 11.4. The normalized spacial score (nSPS) is 23.5. The molecular weight excluding hydrogens is 196 g/mol. The van der Waals surface area contributed by atoms with Gasteiger partial charge in [-0.1, -0.05) is 30.3 Å². The molecule has 0 saturated carbocycles. The molecule has 1 unspecified atom stereocenters. The molecule has 88 valence electrons. The van der Waals surface area contributed by atoms with Crippen LogP contribution in [0.5, 0.6) is 0 Å². The van der Waals surface area contributed by atoms with Crippen LogP contribution in [0.2, 0.25) is 0 Å². The predicted octanol–water partition coefficient (Wildman–Crippen LogP) is 2.12. The van der Waals surface area contributed by atoms with E-state index >= 15 is 0 Å². The maximum absolute atomic E-state index is 3.36. The van der Waals surface area contributed by atoms with Gasteiger partial charge in [-0.05, 0) is 38.4 Å². The summed E-state index contributed by atoms with van der Waals surface area (Å²) in [6.07, 6.45) is 1.33. The lowest BCUT2D eigenvalue weighted by Gasteiger charge is -2.20. The highest BCUT2D eigenvalue weighted by molar-refractivity contribution is 5.14. The molecule has 1 aliphatic rings. The Bertz CT molecular complexity index is 310. The van der Waals surface area contributed by atoms with Gasteiger partial charge in [-0.25, -0.2) is 0 Å². The monoisotopic (exact) mass is 218 g/mol. The number of benzene rings is 1. The first-order valence-corrected chi connectivity index (χ1v) is 6.23. The fourth-order valence-electron chi connectivity index (χ4n) is 2.49. The van der Waals surface area contributed by atoms with Crippen LogP contribution >= 0.6 is 0 Å². The minimum absolute atomic E-state index is 0.640. The van der Waals surface area contributed by atoms with Gasteiger partial charge in [0.1, 0.15) is 0 Å². The zero-order valence-corrected chi connectivity index (χ0v) is 10.3. The third kappa shape index (κ3) is 2.83. The highest BCUT2D eigenvalue weighted by Gasteiger charge is 2.25. The molecule has 1 saturated heterocycles. The zero-order valence-electron chi connectivity index (χ0n) is 10.3. The molecule has 0 aliphatic carbocycles. The third-order valence-electron chi connectivity index (χ3n) is 3.72. The number of nitrogens with zero attached hydrogens (tertiary/aromatic N) is 1. The van der Waals surface area contributed by atoms with E-state index in [4.69, 9.17) is 0 Å². The van der Waals surface area contributed by atoms with Crippen molar-refractivity contribution < 1.29 is 0 Å². The first kappa shape index (κ1) is 11.6. The number of nitrogens with one attached hydrogen (secondary N) is 1. The number of likely N-dealkylation sites (tertiary alicyclic amines) is 1. The van der Waals surface area contributed by atoms with E-state index in [1.165, 1.54) is 25.1 Å². The summed E-state index contributed by atoms with van der Waals surface area (Å²) < 4.78 is 0. The molecular formula is C14H22N2. The van der Waals surface area contributed by atoms with Crippen molar-refractivity contribution in [1.82, 2.24) is 10.2 Å². The SMILES string of the molecule is CNC(C)[C@H]1CCN(Cc2ccccc2)C1. The Balaban J connectivity index is 1.85. The Kier molecular flexibility index (Phi) is 3.97. The molecule has 0 spiro atoms. The van der Waals surface area contributed by atoms with Gasteiger partial charge in [0.2, 0.25) is 0 Å². The van der Waals surface area contributed by atoms with Crippen molar-refractivity contribution in [2.24, 2.45) is 5.92 Å². The highest BCUT2D eigenvalue weighted by atomic mass is 15.1. The standard InChI is InChI=1S/C14H22N2/c1-12(15-2)14-8-9-16(11-14)10-13-6-4-3-5-7-13/h3-7,12,14-15H,8-11H2,1-2H3/t12?,14-/m0/s1. The first-order valence-electron chi connectivity index (χ1n) is 6.23. The second kappa shape index (κ2) is 5.46. The molecule has 1 heterocycles. The lowest BCUT2D eigenvalue weighted by Crippen LogP contribution is -2.32. The summed E-state index contributed by atoms with van der Waals surface area (Å²) in [4.78, 5) is 2.56. The molecule has 0 aromatic heterocycles. The summed E-state index contributed by atoms with van der Waals surface area (Å²) in [6, 6.07) is 11.4. The Morgan fingerprint density at radius 1 is 1.38 bits per heavy atom. The van der Waals surface area contributed by atoms with Gasteiger partial charge in [0.05, 0.1) is 0 Å². The van der Waals surface area contributed by atoms with Crippen LogP contribution in [0.3, 0.4) is 0 Å². The van der Waals surface area contributed by atoms with Crippen molar-refractivity contribution in [3.63, 3.8) is 0 Å². The minimum atomic E-state index is 0.640. The van der Waals surface area contributed by atoms with Crippen molar-refractivity contribution >= 4 is 0 Å². The number of rotatable bonds is 4. The predicted molar refractivity (Wildman–Crippen MR) is 68.3 cm³/mol. The van der Waals surface area contributed by atoms with Crippen LogP contribution < -0.4 is 5.32 Å². The topological polar surface area (TPSA) is 15.3 Å². The van der Waals surface area contributed by atoms with Gasteiger partial charge in [0, 0.05) is 19.1 Å². The van der Waals surface area contributed by atoms with E-state index in [0.717, 1.165) is 12.5 Å². The quantitative estimate of drug-likeness (QED) is 0.832. The van der Waals surface area contributed by atoms with Crippen molar-refractivity contribution in [1.29, 1.82) is 0 Å². The van der Waals surface area contributed by atoms with Crippen LogP contribution in [0.1, 0.15) is 18.9 Å². The van der Waals surface area contributed by atoms with E-state index < -0.39 is 0 Å². The maximum Gasteiger partial charge on any atom is 0.0233 e. The van der Waals surface area contributed by atoms with Crippen LogP contribution in [0, 0.1) is 5.92 Å². The molecule has 2 atom stereocenters. The van der Waals surface area contributed by atoms with Gasteiger partial charge in [0.15, 0.2) is 0 Å². The Hall–Kier alpha value is -0.860. The lowest BCUT2D eigenvalue weighted by molar-refractivity contribution is 0.301. The van der Waals surface area contributed by atoms with Crippen molar-refractivity contribution in [3.05, 3.63) is 35.9 Å². The summed E-state index contributed by atoms with van der Waals surface area (Å²) in [5.74, 6) is 0.814. The second-order valence-corrected chi connectivity index (χ2v) is 4.85. The van der Waals surface area contributed by atoms with Crippen LogP contribution in [0.25, 0.3) is 0 Å². The summed E-state index contributed by atoms with van der Waals surface area (Å²) >= 11 is 0. The third-order valence-corrected chi connectivity index (χ3v) is 3.72. The molecule has 1 aromatic carbocycles. The van der Waals surface area contributed by atoms with E-state index in [0.29, 0.717) is 6.04 Å². The molecule has 1 N–H and O–H groups in total. The lowest BCUT2D eigenvalue weighted by atomic mass is 10.0. The van der Waals surface area contributed by atoms with E-state index in [2.05, 4.69) is 54.5 Å². The fourth-order valence-corrected chi connectivity index (χ4v) is 2.49. The summed E-state index contributed by atoms with van der Waals surface area (Å²) in [5.41, 5.74) is 1.43. The molecule has 0 amide bonds. The molecule has 0 radical (unpaired) electrons. The van der Waals surface area contributed by atoms with Gasteiger partial charge >= 0.3 is 0 Å². The van der Waals surface area contributed by atoms with Gasteiger partial charge in [-0.3, -0.25) is 4.90 Å². The molecule has 2 heteroatoms. The van der Waals surface area contributed by atoms with Gasteiger partial charge < -0.3 is 5.32 Å². The average molecular weight is 218 g/mol. The second-order valence-electron chi connectivity index (χ2n) is 4.85. The molecule has 2 nitrogen and oxygen atoms in total. The summed E-state index contributed by atoms with van der Waals surface area (Å²) in [7, 11) is 2.06.